The van der Waals surface area contributed by atoms with Gasteiger partial charge in [0.05, 0.1) is 24.6 Å². The van der Waals surface area contributed by atoms with Crippen LogP contribution in [0.1, 0.15) is 5.76 Å². The number of halogens is 1. The average molecular weight is 340 g/mol. The minimum atomic E-state index is -0.348. The number of carbonyl (C=O) groups excluding carboxylic acids is 1. The summed E-state index contributed by atoms with van der Waals surface area (Å²) in [5.74, 6) is 1.24. The minimum Gasteiger partial charge on any atom is -0.452 e. The molecular formula is C12H14BrN5O2. The lowest BCUT2D eigenvalue weighted by Gasteiger charge is -2.10. The Morgan fingerprint density at radius 2 is 2.05 bits per heavy atom. The highest BCUT2D eigenvalue weighted by Gasteiger charge is 2.05. The molecule has 2 aromatic heterocycles. The number of anilines is 2. The molecule has 0 saturated heterocycles. The predicted octanol–water partition coefficient (Wildman–Crippen LogP) is 2.22. The monoisotopic (exact) mass is 339 g/mol. The van der Waals surface area contributed by atoms with Gasteiger partial charge in [0.25, 0.3) is 0 Å². The van der Waals surface area contributed by atoms with Gasteiger partial charge in [0.1, 0.15) is 5.76 Å². The summed E-state index contributed by atoms with van der Waals surface area (Å²) in [6, 6.07) is 3.20. The van der Waals surface area contributed by atoms with Gasteiger partial charge in [0.2, 0.25) is 5.95 Å². The van der Waals surface area contributed by atoms with Crippen LogP contribution in [0.5, 0.6) is 0 Å². The van der Waals surface area contributed by atoms with Crippen LogP contribution >= 0.6 is 15.9 Å². The maximum atomic E-state index is 11.7. The topological polar surface area (TPSA) is 83.3 Å². The molecule has 7 nitrogen and oxygen atoms in total. The molecule has 0 fully saturated rings. The number of hydrogen-bond donors (Lipinski definition) is 2. The zero-order valence-electron chi connectivity index (χ0n) is 11.1. The highest BCUT2D eigenvalue weighted by Crippen LogP contribution is 2.13. The third kappa shape index (κ3) is 3.95. The van der Waals surface area contributed by atoms with Crippen LogP contribution < -0.4 is 15.5 Å². The molecule has 0 spiro atoms. The number of aromatic nitrogens is 2. The summed E-state index contributed by atoms with van der Waals surface area (Å²) in [5, 5.41) is 5.31. The minimum absolute atomic E-state index is 0.300. The maximum absolute atomic E-state index is 11.7. The Morgan fingerprint density at radius 1 is 1.35 bits per heavy atom. The number of amides is 2. The van der Waals surface area contributed by atoms with Crippen molar-refractivity contribution in [2.75, 3.05) is 24.3 Å². The van der Waals surface area contributed by atoms with E-state index in [1.807, 2.05) is 14.1 Å². The van der Waals surface area contributed by atoms with Gasteiger partial charge in [0.15, 0.2) is 4.67 Å². The van der Waals surface area contributed by atoms with Crippen molar-refractivity contribution in [3.8, 4) is 0 Å². The summed E-state index contributed by atoms with van der Waals surface area (Å²) >= 11 is 3.20. The third-order valence-electron chi connectivity index (χ3n) is 2.35. The standard InChI is InChI=1S/C12H14BrN5O2/c1-18(2)11-14-5-8(6-15-11)17-12(19)16-7-9-3-4-10(13)20-9/h3-6H,7H2,1-2H3,(H2,16,17,19). The first kappa shape index (κ1) is 14.3. The normalized spacial score (nSPS) is 10.2. The summed E-state index contributed by atoms with van der Waals surface area (Å²) in [7, 11) is 3.69. The molecule has 0 radical (unpaired) electrons. The lowest BCUT2D eigenvalue weighted by molar-refractivity contribution is 0.250. The van der Waals surface area contributed by atoms with E-state index in [0.717, 1.165) is 0 Å². The molecule has 2 amide bonds. The van der Waals surface area contributed by atoms with Gasteiger partial charge in [-0.25, -0.2) is 14.8 Å². The number of furan rings is 1. The van der Waals surface area contributed by atoms with Crippen molar-refractivity contribution in [3.63, 3.8) is 0 Å². The van der Waals surface area contributed by atoms with Crippen LogP contribution in [-0.2, 0) is 6.54 Å². The van der Waals surface area contributed by atoms with E-state index < -0.39 is 0 Å². The van der Waals surface area contributed by atoms with Gasteiger partial charge in [-0.3, -0.25) is 0 Å². The van der Waals surface area contributed by atoms with Gasteiger partial charge in [0, 0.05) is 14.1 Å². The van der Waals surface area contributed by atoms with Crippen molar-refractivity contribution >= 4 is 33.6 Å². The van der Waals surface area contributed by atoms with Crippen molar-refractivity contribution in [1.29, 1.82) is 0 Å². The van der Waals surface area contributed by atoms with Gasteiger partial charge in [-0.1, -0.05) is 0 Å². The fourth-order valence-electron chi connectivity index (χ4n) is 1.41. The van der Waals surface area contributed by atoms with Crippen LogP contribution in [0.3, 0.4) is 0 Å². The molecule has 0 atom stereocenters. The Labute approximate surface area is 124 Å². The molecule has 2 rings (SSSR count). The molecule has 0 bridgehead atoms. The predicted molar refractivity (Wildman–Crippen MR) is 78.6 cm³/mol. The van der Waals surface area contributed by atoms with E-state index in [1.54, 1.807) is 29.4 Å². The van der Waals surface area contributed by atoms with Gasteiger partial charge < -0.3 is 20.0 Å². The largest absolute Gasteiger partial charge is 0.452 e. The van der Waals surface area contributed by atoms with Gasteiger partial charge in [-0.2, -0.15) is 0 Å². The van der Waals surface area contributed by atoms with Gasteiger partial charge >= 0.3 is 6.03 Å². The Hall–Kier alpha value is -2.09. The van der Waals surface area contributed by atoms with Crippen molar-refractivity contribution < 1.29 is 9.21 Å². The fraction of sp³-hybridized carbons (Fsp3) is 0.250. The first-order valence-electron chi connectivity index (χ1n) is 5.83. The lowest BCUT2D eigenvalue weighted by atomic mass is 10.4. The zero-order chi connectivity index (χ0) is 14.5. The van der Waals surface area contributed by atoms with Crippen LogP contribution in [0, 0.1) is 0 Å². The molecule has 8 heteroatoms. The molecule has 0 aliphatic heterocycles. The van der Waals surface area contributed by atoms with Crippen LogP contribution in [-0.4, -0.2) is 30.1 Å². The van der Waals surface area contributed by atoms with Crippen LogP contribution in [0.4, 0.5) is 16.4 Å². The number of nitrogens with zero attached hydrogens (tertiary/aromatic N) is 3. The quantitative estimate of drug-likeness (QED) is 0.892. The van der Waals surface area contributed by atoms with E-state index in [9.17, 15) is 4.79 Å². The second-order valence-corrected chi connectivity index (χ2v) is 4.96. The molecule has 20 heavy (non-hydrogen) atoms. The Bertz CT molecular complexity index is 582. The summed E-state index contributed by atoms with van der Waals surface area (Å²) in [5.41, 5.74) is 0.522. The SMILES string of the molecule is CN(C)c1ncc(NC(=O)NCc2ccc(Br)o2)cn1. The van der Waals surface area contributed by atoms with E-state index in [1.165, 1.54) is 0 Å². The number of rotatable bonds is 4. The van der Waals surface area contributed by atoms with Crippen molar-refractivity contribution in [3.05, 3.63) is 35.0 Å². The Balaban J connectivity index is 1.84. The molecule has 2 heterocycles. The summed E-state index contributed by atoms with van der Waals surface area (Å²) in [4.78, 5) is 21.6. The van der Waals surface area contributed by atoms with Gasteiger partial charge in [-0.05, 0) is 28.1 Å². The van der Waals surface area contributed by atoms with Crippen molar-refractivity contribution in [2.45, 2.75) is 6.54 Å². The summed E-state index contributed by atoms with van der Waals surface area (Å²) in [6.07, 6.45) is 3.09. The molecule has 0 aromatic carbocycles. The van der Waals surface area contributed by atoms with E-state index >= 15 is 0 Å². The van der Waals surface area contributed by atoms with Crippen LogP contribution in [0.2, 0.25) is 0 Å². The smallest absolute Gasteiger partial charge is 0.319 e. The first-order valence-corrected chi connectivity index (χ1v) is 6.62. The summed E-state index contributed by atoms with van der Waals surface area (Å²) in [6.45, 7) is 0.300. The lowest BCUT2D eigenvalue weighted by Crippen LogP contribution is -2.28. The first-order chi connectivity index (χ1) is 9.54. The molecular weight excluding hydrogens is 326 g/mol. The number of urea groups is 1. The third-order valence-corrected chi connectivity index (χ3v) is 2.77. The van der Waals surface area contributed by atoms with Crippen LogP contribution in [0.25, 0.3) is 0 Å². The molecule has 2 aromatic rings. The van der Waals surface area contributed by atoms with Gasteiger partial charge in [-0.15, -0.1) is 0 Å². The number of nitrogens with one attached hydrogen (secondary N) is 2. The Morgan fingerprint density at radius 3 is 2.60 bits per heavy atom. The maximum Gasteiger partial charge on any atom is 0.319 e. The van der Waals surface area contributed by atoms with Crippen LogP contribution in [0.15, 0.2) is 33.6 Å². The highest BCUT2D eigenvalue weighted by molar-refractivity contribution is 9.10. The fourth-order valence-corrected chi connectivity index (χ4v) is 1.75. The van der Waals surface area contributed by atoms with E-state index in [4.69, 9.17) is 4.42 Å². The summed E-state index contributed by atoms with van der Waals surface area (Å²) < 4.78 is 5.90. The van der Waals surface area contributed by atoms with Crippen molar-refractivity contribution in [2.24, 2.45) is 0 Å². The molecule has 0 unspecified atom stereocenters. The van der Waals surface area contributed by atoms with E-state index in [0.29, 0.717) is 28.6 Å². The molecule has 106 valence electrons. The highest BCUT2D eigenvalue weighted by atomic mass is 79.9. The molecule has 0 aliphatic rings. The zero-order valence-corrected chi connectivity index (χ0v) is 12.6. The Kier molecular flexibility index (Phi) is 4.57. The number of hydrogen-bond acceptors (Lipinski definition) is 5. The molecule has 0 saturated carbocycles. The van der Waals surface area contributed by atoms with E-state index in [-0.39, 0.29) is 6.03 Å². The second kappa shape index (κ2) is 6.38. The molecule has 0 aliphatic carbocycles. The second-order valence-electron chi connectivity index (χ2n) is 4.18. The molecule has 2 N–H and O–H groups in total. The average Bonchev–Trinajstić information content (AvgIpc) is 2.83. The van der Waals surface area contributed by atoms with Crippen molar-refractivity contribution in [1.82, 2.24) is 15.3 Å². The number of carbonyl (C=O) groups is 1. The van der Waals surface area contributed by atoms with E-state index in [2.05, 4.69) is 36.5 Å².